The lowest BCUT2D eigenvalue weighted by atomic mass is 10.1. The van der Waals surface area contributed by atoms with Crippen molar-refractivity contribution in [2.24, 2.45) is 0 Å². The molecule has 1 aliphatic rings. The fourth-order valence-corrected chi connectivity index (χ4v) is 3.89. The van der Waals surface area contributed by atoms with Crippen LogP contribution in [0.3, 0.4) is 0 Å². The van der Waals surface area contributed by atoms with E-state index in [2.05, 4.69) is 20.7 Å². The number of anilines is 2. The van der Waals surface area contributed by atoms with E-state index in [0.29, 0.717) is 16.7 Å². The van der Waals surface area contributed by atoms with Crippen LogP contribution in [-0.4, -0.2) is 56.5 Å². The van der Waals surface area contributed by atoms with E-state index in [1.165, 1.54) is 35.5 Å². The highest BCUT2D eigenvalue weighted by atomic mass is 19.1. The van der Waals surface area contributed by atoms with E-state index in [1.54, 1.807) is 42.5 Å². The minimum Gasteiger partial charge on any atom is -0.442 e. The van der Waals surface area contributed by atoms with Crippen molar-refractivity contribution in [3.8, 4) is 0 Å². The van der Waals surface area contributed by atoms with Gasteiger partial charge in [0.1, 0.15) is 23.1 Å². The maximum Gasteiger partial charge on any atom is 0.413 e. The Labute approximate surface area is 209 Å². The molecule has 0 saturated carbocycles. The molecule has 1 fully saturated rings. The van der Waals surface area contributed by atoms with Crippen LogP contribution in [0.4, 0.5) is 26.4 Å². The van der Waals surface area contributed by atoms with Gasteiger partial charge in [-0.15, -0.1) is 10.4 Å². The SMILES string of the molecule is O=C(Nc1ccccn1)OC1CN(C(=O)c2ccc(N[N+](O)(O)c3cccc4cccnc34)c(F)c2)C1. The van der Waals surface area contributed by atoms with Crippen LogP contribution in [-0.2, 0) is 4.74 Å². The van der Waals surface area contributed by atoms with Crippen LogP contribution in [0, 0.1) is 5.82 Å². The maximum atomic E-state index is 14.8. The molecule has 4 N–H and O–H groups in total. The highest BCUT2D eigenvalue weighted by molar-refractivity contribution is 5.95. The van der Waals surface area contributed by atoms with Crippen LogP contribution >= 0.6 is 0 Å². The van der Waals surface area contributed by atoms with Crippen LogP contribution in [0.25, 0.3) is 10.9 Å². The summed E-state index contributed by atoms with van der Waals surface area (Å²) in [6.07, 6.45) is 1.84. The lowest BCUT2D eigenvalue weighted by molar-refractivity contribution is -0.271. The first-order valence-electron chi connectivity index (χ1n) is 11.2. The molecule has 5 rings (SSSR count). The van der Waals surface area contributed by atoms with E-state index in [0.717, 1.165) is 6.07 Å². The highest BCUT2D eigenvalue weighted by Crippen LogP contribution is 2.29. The average molecular weight is 505 g/mol. The van der Waals surface area contributed by atoms with Crippen LogP contribution in [0.5, 0.6) is 0 Å². The predicted octanol–water partition coefficient (Wildman–Crippen LogP) is 3.95. The molecule has 2 aromatic carbocycles. The standard InChI is InChI=1S/C25H21FN6O5/c26-19-13-17(24(33)31-14-18(15-31)37-25(34)29-22-8-1-2-11-27-22)9-10-20(19)30-32(35,36)21-7-3-5-16-6-4-12-28-23(16)21/h1-13,18,35-36H,14-15H2,(H-,27,29,30,33,34)/p+1. The van der Waals surface area contributed by atoms with Gasteiger partial charge < -0.3 is 9.64 Å². The molecular formula is C25H22FN6O5+. The third-order valence-electron chi connectivity index (χ3n) is 5.74. The van der Waals surface area contributed by atoms with Crippen LogP contribution in [0.15, 0.2) is 79.1 Å². The molecule has 1 aliphatic heterocycles. The number of rotatable bonds is 6. The molecule has 0 spiro atoms. The number of hydrogen-bond donors (Lipinski definition) is 4. The van der Waals surface area contributed by atoms with Crippen LogP contribution in [0.2, 0.25) is 0 Å². The summed E-state index contributed by atoms with van der Waals surface area (Å²) in [6.45, 7) is 0.301. The Morgan fingerprint density at radius 2 is 1.78 bits per heavy atom. The lowest BCUT2D eigenvalue weighted by Crippen LogP contribution is -2.55. The van der Waals surface area contributed by atoms with Crippen molar-refractivity contribution in [2.45, 2.75) is 6.10 Å². The molecule has 3 heterocycles. The van der Waals surface area contributed by atoms with Crippen molar-refractivity contribution in [3.05, 3.63) is 90.5 Å². The number of ether oxygens (including phenoxy) is 1. The predicted molar refractivity (Wildman–Crippen MR) is 131 cm³/mol. The minimum absolute atomic E-state index is 0.0173. The van der Waals surface area contributed by atoms with Crippen LogP contribution < -0.4 is 15.7 Å². The number of halogens is 1. The Kier molecular flexibility index (Phi) is 6.36. The number of nitrogens with zero attached hydrogens (tertiary/aromatic N) is 4. The number of carbonyl (C=O) groups is 2. The Bertz CT molecular complexity index is 1460. The van der Waals surface area contributed by atoms with Gasteiger partial charge in [0.2, 0.25) is 0 Å². The van der Waals surface area contributed by atoms with E-state index in [9.17, 15) is 24.4 Å². The fourth-order valence-electron chi connectivity index (χ4n) is 3.89. The zero-order valence-electron chi connectivity index (χ0n) is 19.3. The normalized spacial score (nSPS) is 13.6. The van der Waals surface area contributed by atoms with E-state index in [1.807, 2.05) is 0 Å². The van der Waals surface area contributed by atoms with Gasteiger partial charge in [0.15, 0.2) is 5.82 Å². The molecule has 0 atom stereocenters. The summed E-state index contributed by atoms with van der Waals surface area (Å²) >= 11 is 0. The summed E-state index contributed by atoms with van der Waals surface area (Å²) in [4.78, 5) is 32.4. The second-order valence-corrected chi connectivity index (χ2v) is 8.34. The number of amides is 2. The first-order valence-corrected chi connectivity index (χ1v) is 11.2. The van der Waals surface area contributed by atoms with Gasteiger partial charge in [0, 0.05) is 29.4 Å². The van der Waals surface area contributed by atoms with Gasteiger partial charge >= 0.3 is 6.09 Å². The number of fused-ring (bicyclic) bond motifs is 1. The quantitative estimate of drug-likeness (QED) is 0.228. The summed E-state index contributed by atoms with van der Waals surface area (Å²) in [5, 5.41) is 24.4. The summed E-state index contributed by atoms with van der Waals surface area (Å²) in [7, 11) is 0. The molecule has 188 valence electrons. The molecule has 11 nitrogen and oxygen atoms in total. The van der Waals surface area contributed by atoms with Crippen molar-refractivity contribution < 1.29 is 29.1 Å². The summed E-state index contributed by atoms with van der Waals surface area (Å²) in [5.41, 5.74) is 2.42. The van der Waals surface area contributed by atoms with Gasteiger partial charge in [-0.2, -0.15) is 5.43 Å². The van der Waals surface area contributed by atoms with Gasteiger partial charge in [-0.1, -0.05) is 24.3 Å². The Morgan fingerprint density at radius 3 is 2.54 bits per heavy atom. The number of nitrogens with one attached hydrogen (secondary N) is 2. The molecule has 0 radical (unpaired) electrons. The van der Waals surface area contributed by atoms with Crippen molar-refractivity contribution in [1.82, 2.24) is 19.8 Å². The molecule has 0 unspecified atom stereocenters. The molecular weight excluding hydrogens is 483 g/mol. The van der Waals surface area contributed by atoms with Gasteiger partial charge in [0.25, 0.3) is 11.6 Å². The van der Waals surface area contributed by atoms with E-state index >= 15 is 0 Å². The number of aromatic nitrogens is 2. The summed E-state index contributed by atoms with van der Waals surface area (Å²) < 4.78 is 20.1. The number of carbonyl (C=O) groups excluding carboxylic acids is 2. The van der Waals surface area contributed by atoms with Gasteiger partial charge in [-0.05, 0) is 36.4 Å². The van der Waals surface area contributed by atoms with Crippen molar-refractivity contribution in [3.63, 3.8) is 0 Å². The lowest BCUT2D eigenvalue weighted by Gasteiger charge is -2.38. The molecule has 0 bridgehead atoms. The van der Waals surface area contributed by atoms with Gasteiger partial charge in [0.05, 0.1) is 18.0 Å². The fraction of sp³-hybridized carbons (Fsp3) is 0.120. The van der Waals surface area contributed by atoms with Crippen LogP contribution in [0.1, 0.15) is 10.4 Å². The Balaban J connectivity index is 1.20. The first kappa shape index (κ1) is 24.1. The monoisotopic (exact) mass is 505 g/mol. The largest absolute Gasteiger partial charge is 0.442 e. The summed E-state index contributed by atoms with van der Waals surface area (Å²) in [5.74, 6) is -0.982. The Morgan fingerprint density at radius 1 is 1.00 bits per heavy atom. The number of hydrogen-bond acceptors (Lipinski definition) is 8. The smallest absolute Gasteiger partial charge is 0.413 e. The van der Waals surface area contributed by atoms with Crippen molar-refractivity contribution in [1.29, 1.82) is 0 Å². The van der Waals surface area contributed by atoms with E-state index in [4.69, 9.17) is 4.74 Å². The molecule has 0 aliphatic carbocycles. The van der Waals surface area contributed by atoms with Crippen molar-refractivity contribution >= 4 is 40.1 Å². The second-order valence-electron chi connectivity index (χ2n) is 8.34. The number of benzene rings is 2. The maximum absolute atomic E-state index is 14.8. The third-order valence-corrected chi connectivity index (χ3v) is 5.74. The number of quaternary nitrogens is 1. The second kappa shape index (κ2) is 9.78. The topological polar surface area (TPSA) is 137 Å². The zero-order chi connectivity index (χ0) is 26.0. The zero-order valence-corrected chi connectivity index (χ0v) is 19.3. The van der Waals surface area contributed by atoms with Gasteiger partial charge in [-0.3, -0.25) is 10.1 Å². The Hall–Kier alpha value is -4.65. The average Bonchev–Trinajstić information content (AvgIpc) is 2.87. The summed E-state index contributed by atoms with van der Waals surface area (Å²) in [6, 6.07) is 16.9. The third kappa shape index (κ3) is 5.16. The number of para-hydroxylation sites is 1. The number of likely N-dealkylation sites (tertiary alicyclic amines) is 1. The van der Waals surface area contributed by atoms with E-state index in [-0.39, 0.29) is 30.0 Å². The van der Waals surface area contributed by atoms with E-state index < -0.39 is 28.8 Å². The molecule has 2 aromatic heterocycles. The number of pyridine rings is 2. The molecule has 2 amide bonds. The first-order chi connectivity index (χ1) is 17.8. The minimum atomic E-state index is -1.86. The molecule has 12 heteroatoms. The molecule has 1 saturated heterocycles. The van der Waals surface area contributed by atoms with Gasteiger partial charge in [-0.25, -0.2) is 19.2 Å². The van der Waals surface area contributed by atoms with Crippen molar-refractivity contribution in [2.75, 3.05) is 23.8 Å². The molecule has 37 heavy (non-hydrogen) atoms. The molecule has 4 aromatic rings. The highest BCUT2D eigenvalue weighted by Gasteiger charge is 2.35.